The van der Waals surface area contributed by atoms with Crippen LogP contribution < -0.4 is 5.32 Å². The van der Waals surface area contributed by atoms with Gasteiger partial charge in [0.05, 0.1) is 11.3 Å². The lowest BCUT2D eigenvalue weighted by molar-refractivity contribution is -0.151. The zero-order chi connectivity index (χ0) is 14.3. The van der Waals surface area contributed by atoms with Crippen LogP contribution in [0.25, 0.3) is 0 Å². The van der Waals surface area contributed by atoms with Gasteiger partial charge in [0.2, 0.25) is 5.91 Å². The van der Waals surface area contributed by atoms with Crippen molar-refractivity contribution in [2.24, 2.45) is 5.92 Å². The van der Waals surface area contributed by atoms with E-state index in [0.717, 1.165) is 32.1 Å². The fourth-order valence-corrected chi connectivity index (χ4v) is 5.33. The second-order valence-electron chi connectivity index (χ2n) is 6.07. The SMILES string of the molecule is CCCC1SCC(C(=O)O)N1C(=O)C1CC2CCC1N2. The van der Waals surface area contributed by atoms with Crippen LogP contribution in [0.3, 0.4) is 0 Å². The quantitative estimate of drug-likeness (QED) is 0.818. The molecule has 2 N–H and O–H groups in total. The monoisotopic (exact) mass is 298 g/mol. The summed E-state index contributed by atoms with van der Waals surface area (Å²) in [5, 5.41) is 12.9. The van der Waals surface area contributed by atoms with Gasteiger partial charge in [-0.1, -0.05) is 13.3 Å². The van der Waals surface area contributed by atoms with Gasteiger partial charge in [-0.05, 0) is 25.7 Å². The minimum Gasteiger partial charge on any atom is -0.480 e. The van der Waals surface area contributed by atoms with Crippen molar-refractivity contribution in [2.45, 2.75) is 62.5 Å². The first-order valence-corrected chi connectivity index (χ1v) is 8.59. The Kier molecular flexibility index (Phi) is 3.95. The molecule has 0 radical (unpaired) electrons. The van der Waals surface area contributed by atoms with E-state index in [-0.39, 0.29) is 23.2 Å². The number of carbonyl (C=O) groups is 2. The molecule has 3 saturated heterocycles. The number of nitrogens with one attached hydrogen (secondary N) is 1. The smallest absolute Gasteiger partial charge is 0.327 e. The van der Waals surface area contributed by atoms with Crippen LogP contribution in [-0.4, -0.2) is 51.1 Å². The number of carboxylic acids is 1. The maximum absolute atomic E-state index is 12.8. The van der Waals surface area contributed by atoms with Crippen LogP contribution in [0.15, 0.2) is 0 Å². The Bertz CT molecular complexity index is 417. The maximum Gasteiger partial charge on any atom is 0.327 e. The lowest BCUT2D eigenvalue weighted by Gasteiger charge is -2.32. The van der Waals surface area contributed by atoms with Crippen LogP contribution in [-0.2, 0) is 9.59 Å². The molecule has 3 aliphatic heterocycles. The third-order valence-corrected chi connectivity index (χ3v) is 6.14. The Morgan fingerprint density at radius 2 is 2.20 bits per heavy atom. The Morgan fingerprint density at radius 3 is 2.75 bits per heavy atom. The molecule has 0 aromatic carbocycles. The number of rotatable bonds is 4. The average molecular weight is 298 g/mol. The van der Waals surface area contributed by atoms with Crippen molar-refractivity contribution in [1.29, 1.82) is 0 Å². The van der Waals surface area contributed by atoms with E-state index in [9.17, 15) is 14.7 Å². The summed E-state index contributed by atoms with van der Waals surface area (Å²) in [6, 6.07) is 0.107. The van der Waals surface area contributed by atoms with Gasteiger partial charge in [-0.3, -0.25) is 4.79 Å². The summed E-state index contributed by atoms with van der Waals surface area (Å²) in [6.45, 7) is 2.08. The lowest BCUT2D eigenvalue weighted by Crippen LogP contribution is -2.50. The highest BCUT2D eigenvalue weighted by Gasteiger charge is 2.49. The van der Waals surface area contributed by atoms with Crippen molar-refractivity contribution in [1.82, 2.24) is 10.2 Å². The van der Waals surface area contributed by atoms with Crippen LogP contribution >= 0.6 is 11.8 Å². The first kappa shape index (κ1) is 14.2. The molecule has 0 aliphatic carbocycles. The first-order valence-electron chi connectivity index (χ1n) is 7.54. The summed E-state index contributed by atoms with van der Waals surface area (Å²) < 4.78 is 0. The number of carbonyl (C=O) groups excluding carboxylic acids is 1. The van der Waals surface area contributed by atoms with Gasteiger partial charge in [-0.25, -0.2) is 4.79 Å². The van der Waals surface area contributed by atoms with E-state index in [2.05, 4.69) is 12.2 Å². The van der Waals surface area contributed by atoms with Crippen LogP contribution in [0.4, 0.5) is 0 Å². The predicted octanol–water partition coefficient (Wildman–Crippen LogP) is 1.28. The molecule has 5 unspecified atom stereocenters. The number of nitrogens with zero attached hydrogens (tertiary/aromatic N) is 1. The molecule has 3 heterocycles. The summed E-state index contributed by atoms with van der Waals surface area (Å²) in [6.07, 6.45) is 4.95. The lowest BCUT2D eigenvalue weighted by atomic mass is 9.87. The number of hydrogen-bond acceptors (Lipinski definition) is 4. The highest BCUT2D eigenvalue weighted by Crippen LogP contribution is 2.39. The van der Waals surface area contributed by atoms with E-state index >= 15 is 0 Å². The normalized spacial score (nSPS) is 39.5. The van der Waals surface area contributed by atoms with E-state index < -0.39 is 12.0 Å². The van der Waals surface area contributed by atoms with Crippen LogP contribution in [0.2, 0.25) is 0 Å². The summed E-state index contributed by atoms with van der Waals surface area (Å²) in [5.41, 5.74) is 0. The largest absolute Gasteiger partial charge is 0.480 e. The van der Waals surface area contributed by atoms with Gasteiger partial charge in [0.25, 0.3) is 0 Å². The topological polar surface area (TPSA) is 69.6 Å². The molecule has 1 amide bonds. The van der Waals surface area contributed by atoms with Crippen molar-refractivity contribution in [3.8, 4) is 0 Å². The maximum atomic E-state index is 12.8. The third kappa shape index (κ3) is 2.33. The number of fused-ring (bicyclic) bond motifs is 2. The van der Waals surface area contributed by atoms with E-state index in [1.165, 1.54) is 0 Å². The molecular weight excluding hydrogens is 276 g/mol. The average Bonchev–Trinajstić information content (AvgIpc) is 3.12. The van der Waals surface area contributed by atoms with Gasteiger partial charge >= 0.3 is 5.97 Å². The zero-order valence-electron chi connectivity index (χ0n) is 11.7. The van der Waals surface area contributed by atoms with E-state index in [4.69, 9.17) is 0 Å². The standard InChI is InChI=1S/C14H22N2O3S/c1-2-3-12-16(11(7-20-12)14(18)19)13(17)9-6-8-4-5-10(9)15-8/h8-12,15H,2-7H2,1H3,(H,18,19). The summed E-state index contributed by atoms with van der Waals surface area (Å²) in [4.78, 5) is 25.9. The van der Waals surface area contributed by atoms with E-state index in [1.807, 2.05) is 0 Å². The minimum absolute atomic E-state index is 0.00587. The minimum atomic E-state index is -0.861. The van der Waals surface area contributed by atoms with Gasteiger partial charge in [-0.2, -0.15) is 0 Å². The Hall–Kier alpha value is -0.750. The van der Waals surface area contributed by atoms with Crippen molar-refractivity contribution >= 4 is 23.6 Å². The molecule has 5 atom stereocenters. The van der Waals surface area contributed by atoms with Crippen LogP contribution in [0.1, 0.15) is 39.0 Å². The first-order chi connectivity index (χ1) is 9.61. The number of aliphatic carboxylic acids is 1. The Labute approximate surface area is 123 Å². The molecule has 2 bridgehead atoms. The molecule has 20 heavy (non-hydrogen) atoms. The van der Waals surface area contributed by atoms with Gasteiger partial charge in [-0.15, -0.1) is 11.8 Å². The number of thioether (sulfide) groups is 1. The second kappa shape index (κ2) is 5.56. The summed E-state index contributed by atoms with van der Waals surface area (Å²) in [7, 11) is 0. The molecule has 3 fully saturated rings. The molecule has 5 nitrogen and oxygen atoms in total. The van der Waals surface area contributed by atoms with Gasteiger partial charge in [0.1, 0.15) is 6.04 Å². The fourth-order valence-electron chi connectivity index (χ4n) is 3.81. The molecular formula is C14H22N2O3S. The number of hydrogen-bond donors (Lipinski definition) is 2. The molecule has 0 saturated carbocycles. The summed E-state index contributed by atoms with van der Waals surface area (Å²) in [5.74, 6) is -0.269. The van der Waals surface area contributed by atoms with Gasteiger partial charge in [0, 0.05) is 17.8 Å². The zero-order valence-corrected chi connectivity index (χ0v) is 12.6. The number of carboxylic acid groups (broad SMARTS) is 1. The molecule has 112 valence electrons. The highest BCUT2D eigenvalue weighted by atomic mass is 32.2. The summed E-state index contributed by atoms with van der Waals surface area (Å²) >= 11 is 1.62. The highest BCUT2D eigenvalue weighted by molar-refractivity contribution is 8.00. The number of amides is 1. The fraction of sp³-hybridized carbons (Fsp3) is 0.857. The second-order valence-corrected chi connectivity index (χ2v) is 7.28. The molecule has 6 heteroatoms. The van der Waals surface area contributed by atoms with Gasteiger partial charge in [0.15, 0.2) is 0 Å². The molecule has 3 aliphatic rings. The van der Waals surface area contributed by atoms with Crippen molar-refractivity contribution < 1.29 is 14.7 Å². The predicted molar refractivity (Wildman–Crippen MR) is 77.5 cm³/mol. The molecule has 3 rings (SSSR count). The van der Waals surface area contributed by atoms with Crippen LogP contribution in [0, 0.1) is 5.92 Å². The Morgan fingerprint density at radius 1 is 1.40 bits per heavy atom. The van der Waals surface area contributed by atoms with E-state index in [1.54, 1.807) is 16.7 Å². The van der Waals surface area contributed by atoms with Crippen molar-refractivity contribution in [3.05, 3.63) is 0 Å². The van der Waals surface area contributed by atoms with Crippen LogP contribution in [0.5, 0.6) is 0 Å². The molecule has 0 aromatic heterocycles. The Balaban J connectivity index is 1.77. The van der Waals surface area contributed by atoms with Gasteiger partial charge < -0.3 is 15.3 Å². The molecule has 0 spiro atoms. The molecule has 0 aromatic rings. The van der Waals surface area contributed by atoms with Crippen molar-refractivity contribution in [3.63, 3.8) is 0 Å². The van der Waals surface area contributed by atoms with E-state index in [0.29, 0.717) is 11.8 Å². The van der Waals surface area contributed by atoms with Crippen molar-refractivity contribution in [2.75, 3.05) is 5.75 Å². The third-order valence-electron chi connectivity index (χ3n) is 4.78.